The van der Waals surface area contributed by atoms with Gasteiger partial charge in [-0.15, -0.1) is 21.5 Å². The Balaban J connectivity index is 1.74. The van der Waals surface area contributed by atoms with E-state index in [1.54, 1.807) is 0 Å². The highest BCUT2D eigenvalue weighted by Gasteiger charge is 2.16. The first kappa shape index (κ1) is 14.3. The van der Waals surface area contributed by atoms with Crippen molar-refractivity contribution < 1.29 is 0 Å². The molecular formula is C13H23N3S2. The molecule has 1 aromatic rings. The summed E-state index contributed by atoms with van der Waals surface area (Å²) in [4.78, 5) is 0. The van der Waals surface area contributed by atoms with Crippen LogP contribution in [-0.2, 0) is 12.8 Å². The maximum absolute atomic E-state index is 4.34. The van der Waals surface area contributed by atoms with Crippen LogP contribution in [0, 0.1) is 5.92 Å². The van der Waals surface area contributed by atoms with Crippen molar-refractivity contribution in [2.75, 3.05) is 18.1 Å². The zero-order valence-electron chi connectivity index (χ0n) is 11.3. The second-order valence-corrected chi connectivity index (χ2v) is 7.58. The van der Waals surface area contributed by atoms with Crippen LogP contribution in [0.3, 0.4) is 0 Å². The Labute approximate surface area is 118 Å². The fraction of sp³-hybridized carbons (Fsp3) is 0.846. The summed E-state index contributed by atoms with van der Waals surface area (Å²) >= 11 is 3.90. The summed E-state index contributed by atoms with van der Waals surface area (Å²) in [6.07, 6.45) is 4.87. The first-order valence-corrected chi connectivity index (χ1v) is 8.83. The van der Waals surface area contributed by atoms with Crippen molar-refractivity contribution in [1.82, 2.24) is 15.5 Å². The first-order chi connectivity index (χ1) is 8.74. The predicted octanol–water partition coefficient (Wildman–Crippen LogP) is 2.76. The standard InChI is InChI=1S/C13H23N3S2/c1-10(2)14-6-3-12-15-16-13(18-12)9-11-4-7-17-8-5-11/h10-11,14H,3-9H2,1-2H3. The predicted molar refractivity (Wildman–Crippen MR) is 80.5 cm³/mol. The van der Waals surface area contributed by atoms with E-state index in [9.17, 15) is 0 Å². The van der Waals surface area contributed by atoms with Gasteiger partial charge in [0.1, 0.15) is 10.0 Å². The first-order valence-electron chi connectivity index (χ1n) is 6.86. The van der Waals surface area contributed by atoms with Crippen LogP contribution >= 0.6 is 23.1 Å². The summed E-state index contributed by atoms with van der Waals surface area (Å²) in [5.41, 5.74) is 0. The fourth-order valence-corrected chi connectivity index (χ4v) is 4.30. The maximum Gasteiger partial charge on any atom is 0.118 e. The molecule has 0 atom stereocenters. The molecule has 1 fully saturated rings. The second-order valence-electron chi connectivity index (χ2n) is 5.21. The van der Waals surface area contributed by atoms with E-state index in [2.05, 4.69) is 41.1 Å². The SMILES string of the molecule is CC(C)NCCc1nnc(CC2CCSCC2)s1. The third-order valence-electron chi connectivity index (χ3n) is 3.20. The maximum atomic E-state index is 4.34. The minimum absolute atomic E-state index is 0.553. The lowest BCUT2D eigenvalue weighted by Crippen LogP contribution is -2.24. The molecule has 1 N–H and O–H groups in total. The summed E-state index contributed by atoms with van der Waals surface area (Å²) in [6, 6.07) is 0.553. The quantitative estimate of drug-likeness (QED) is 0.872. The number of thioether (sulfide) groups is 1. The van der Waals surface area contributed by atoms with Crippen LogP contribution in [0.2, 0.25) is 0 Å². The van der Waals surface area contributed by atoms with Crippen molar-refractivity contribution >= 4 is 23.1 Å². The van der Waals surface area contributed by atoms with Crippen LogP contribution in [0.1, 0.15) is 36.7 Å². The molecule has 0 aliphatic carbocycles. The molecular weight excluding hydrogens is 262 g/mol. The van der Waals surface area contributed by atoms with Gasteiger partial charge in [0.25, 0.3) is 0 Å². The molecule has 0 spiro atoms. The van der Waals surface area contributed by atoms with E-state index in [0.717, 1.165) is 25.3 Å². The van der Waals surface area contributed by atoms with Crippen LogP contribution in [-0.4, -0.2) is 34.3 Å². The topological polar surface area (TPSA) is 37.8 Å². The molecule has 0 radical (unpaired) electrons. The number of hydrogen-bond acceptors (Lipinski definition) is 5. The normalized spacial score (nSPS) is 17.5. The van der Waals surface area contributed by atoms with Crippen molar-refractivity contribution in [3.05, 3.63) is 10.0 Å². The zero-order chi connectivity index (χ0) is 12.8. The van der Waals surface area contributed by atoms with Gasteiger partial charge < -0.3 is 5.32 Å². The average Bonchev–Trinajstić information content (AvgIpc) is 2.78. The van der Waals surface area contributed by atoms with Gasteiger partial charge in [0.05, 0.1) is 0 Å². The van der Waals surface area contributed by atoms with E-state index in [-0.39, 0.29) is 0 Å². The molecule has 1 aliphatic heterocycles. The summed E-state index contributed by atoms with van der Waals surface area (Å²) in [5.74, 6) is 3.50. The van der Waals surface area contributed by atoms with E-state index >= 15 is 0 Å². The average molecular weight is 285 g/mol. The highest BCUT2D eigenvalue weighted by Crippen LogP contribution is 2.26. The van der Waals surface area contributed by atoms with Crippen molar-refractivity contribution in [2.24, 2.45) is 5.92 Å². The van der Waals surface area contributed by atoms with Crippen LogP contribution in [0.15, 0.2) is 0 Å². The number of aromatic nitrogens is 2. The van der Waals surface area contributed by atoms with E-state index in [1.165, 1.54) is 34.4 Å². The molecule has 1 aliphatic rings. The molecule has 2 rings (SSSR count). The van der Waals surface area contributed by atoms with Crippen LogP contribution in [0.4, 0.5) is 0 Å². The van der Waals surface area contributed by atoms with Gasteiger partial charge in [-0.25, -0.2) is 0 Å². The Morgan fingerprint density at radius 2 is 1.94 bits per heavy atom. The van der Waals surface area contributed by atoms with Gasteiger partial charge >= 0.3 is 0 Å². The molecule has 0 amide bonds. The number of nitrogens with zero attached hydrogens (tertiary/aromatic N) is 2. The molecule has 1 aromatic heterocycles. The molecule has 5 heteroatoms. The van der Waals surface area contributed by atoms with Gasteiger partial charge in [0, 0.05) is 25.4 Å². The second kappa shape index (κ2) is 7.46. The summed E-state index contributed by atoms with van der Waals surface area (Å²) in [7, 11) is 0. The van der Waals surface area contributed by atoms with Gasteiger partial charge in [-0.1, -0.05) is 13.8 Å². The van der Waals surface area contributed by atoms with E-state index < -0.39 is 0 Å². The Kier molecular flexibility index (Phi) is 5.92. The van der Waals surface area contributed by atoms with Crippen LogP contribution in [0.5, 0.6) is 0 Å². The summed E-state index contributed by atoms with van der Waals surface area (Å²) < 4.78 is 0. The highest BCUT2D eigenvalue weighted by molar-refractivity contribution is 7.99. The largest absolute Gasteiger partial charge is 0.314 e. The van der Waals surface area contributed by atoms with Gasteiger partial charge in [0.15, 0.2) is 0 Å². The number of nitrogens with one attached hydrogen (secondary N) is 1. The van der Waals surface area contributed by atoms with E-state index in [1.807, 2.05) is 11.3 Å². The van der Waals surface area contributed by atoms with Crippen molar-refractivity contribution in [3.63, 3.8) is 0 Å². The third-order valence-corrected chi connectivity index (χ3v) is 5.26. The lowest BCUT2D eigenvalue weighted by molar-refractivity contribution is 0.485. The molecule has 1 saturated heterocycles. The number of rotatable bonds is 6. The molecule has 0 aromatic carbocycles. The Hall–Kier alpha value is -0.130. The molecule has 18 heavy (non-hydrogen) atoms. The van der Waals surface area contributed by atoms with Crippen LogP contribution < -0.4 is 5.32 Å². The van der Waals surface area contributed by atoms with Gasteiger partial charge in [0.2, 0.25) is 0 Å². The highest BCUT2D eigenvalue weighted by atomic mass is 32.2. The molecule has 102 valence electrons. The Morgan fingerprint density at radius 1 is 1.22 bits per heavy atom. The molecule has 0 unspecified atom stereocenters. The molecule has 3 nitrogen and oxygen atoms in total. The van der Waals surface area contributed by atoms with Gasteiger partial charge in [-0.2, -0.15) is 11.8 Å². The zero-order valence-corrected chi connectivity index (χ0v) is 12.9. The van der Waals surface area contributed by atoms with Crippen molar-refractivity contribution in [1.29, 1.82) is 0 Å². The lowest BCUT2D eigenvalue weighted by atomic mass is 9.99. The Morgan fingerprint density at radius 3 is 2.67 bits per heavy atom. The smallest absolute Gasteiger partial charge is 0.118 e. The minimum Gasteiger partial charge on any atom is -0.314 e. The molecule has 0 bridgehead atoms. The fourth-order valence-electron chi connectivity index (χ4n) is 2.14. The lowest BCUT2D eigenvalue weighted by Gasteiger charge is -2.19. The molecule has 2 heterocycles. The molecule has 0 saturated carbocycles. The summed E-state index contributed by atoms with van der Waals surface area (Å²) in [5, 5.41) is 14.5. The van der Waals surface area contributed by atoms with Gasteiger partial charge in [-0.3, -0.25) is 0 Å². The van der Waals surface area contributed by atoms with E-state index in [4.69, 9.17) is 0 Å². The third kappa shape index (κ3) is 4.86. The van der Waals surface area contributed by atoms with Crippen molar-refractivity contribution in [3.8, 4) is 0 Å². The monoisotopic (exact) mass is 285 g/mol. The minimum atomic E-state index is 0.553. The van der Waals surface area contributed by atoms with Crippen LogP contribution in [0.25, 0.3) is 0 Å². The summed E-state index contributed by atoms with van der Waals surface area (Å²) in [6.45, 7) is 5.35. The number of hydrogen-bond donors (Lipinski definition) is 1. The van der Waals surface area contributed by atoms with Crippen molar-refractivity contribution in [2.45, 2.75) is 45.6 Å². The van der Waals surface area contributed by atoms with Gasteiger partial charge in [-0.05, 0) is 30.3 Å². The Bertz CT molecular complexity index is 346. The van der Waals surface area contributed by atoms with E-state index in [0.29, 0.717) is 6.04 Å².